The second kappa shape index (κ2) is 5.35. The molecular formula is C11H16ClNO2. The second-order valence-electron chi connectivity index (χ2n) is 3.55. The maximum Gasteiger partial charge on any atom is 0.120 e. The van der Waals surface area contributed by atoms with Crippen molar-refractivity contribution < 1.29 is 9.84 Å². The summed E-state index contributed by atoms with van der Waals surface area (Å²) in [7, 11) is 5.41. The fourth-order valence-corrected chi connectivity index (χ4v) is 1.74. The van der Waals surface area contributed by atoms with Gasteiger partial charge in [0.25, 0.3) is 0 Å². The number of methoxy groups -OCH3 is 1. The van der Waals surface area contributed by atoms with Gasteiger partial charge in [-0.3, -0.25) is 0 Å². The van der Waals surface area contributed by atoms with Gasteiger partial charge in [0.15, 0.2) is 0 Å². The zero-order chi connectivity index (χ0) is 11.4. The van der Waals surface area contributed by atoms with Crippen LogP contribution in [0.3, 0.4) is 0 Å². The van der Waals surface area contributed by atoms with Crippen LogP contribution in [0.15, 0.2) is 18.2 Å². The predicted octanol–water partition coefficient (Wildman–Crippen LogP) is 1.94. The Morgan fingerprint density at radius 1 is 1.47 bits per heavy atom. The van der Waals surface area contributed by atoms with Crippen LogP contribution in [0.4, 0.5) is 0 Å². The van der Waals surface area contributed by atoms with Gasteiger partial charge in [-0.15, -0.1) is 0 Å². The van der Waals surface area contributed by atoms with Crippen molar-refractivity contribution in [3.8, 4) is 5.75 Å². The molecule has 0 spiro atoms. The molecule has 0 aliphatic rings. The first-order valence-electron chi connectivity index (χ1n) is 4.71. The average molecular weight is 230 g/mol. The molecule has 1 aromatic carbocycles. The summed E-state index contributed by atoms with van der Waals surface area (Å²) >= 11 is 6.11. The summed E-state index contributed by atoms with van der Waals surface area (Å²) in [6, 6.07) is 5.39. The maximum atomic E-state index is 9.27. The number of likely N-dealkylation sites (N-methyl/N-ethyl adjacent to an activating group) is 1. The quantitative estimate of drug-likeness (QED) is 0.857. The molecule has 0 heterocycles. The van der Waals surface area contributed by atoms with Gasteiger partial charge in [-0.25, -0.2) is 0 Å². The first kappa shape index (κ1) is 12.3. The minimum absolute atomic E-state index is 0.0407. The van der Waals surface area contributed by atoms with Gasteiger partial charge in [-0.05, 0) is 31.8 Å². The summed E-state index contributed by atoms with van der Waals surface area (Å²) in [6.07, 6.45) is 0. The van der Waals surface area contributed by atoms with Crippen molar-refractivity contribution >= 4 is 11.6 Å². The number of nitrogens with zero attached hydrogens (tertiary/aromatic N) is 1. The minimum atomic E-state index is -0.0802. The van der Waals surface area contributed by atoms with Crippen molar-refractivity contribution in [2.75, 3.05) is 27.8 Å². The summed E-state index contributed by atoms with van der Waals surface area (Å²) in [4.78, 5) is 1.92. The first-order chi connectivity index (χ1) is 7.10. The molecule has 3 nitrogen and oxygen atoms in total. The highest BCUT2D eigenvalue weighted by Gasteiger charge is 2.16. The lowest BCUT2D eigenvalue weighted by molar-refractivity contribution is 0.171. The molecule has 0 bridgehead atoms. The van der Waals surface area contributed by atoms with E-state index in [0.29, 0.717) is 5.02 Å². The molecule has 0 radical (unpaired) electrons. The van der Waals surface area contributed by atoms with E-state index in [-0.39, 0.29) is 12.6 Å². The highest BCUT2D eigenvalue weighted by atomic mass is 35.5. The summed E-state index contributed by atoms with van der Waals surface area (Å²) in [5.41, 5.74) is 0.907. The Bertz CT molecular complexity index is 328. The van der Waals surface area contributed by atoms with Crippen LogP contribution in [-0.4, -0.2) is 37.8 Å². The fourth-order valence-electron chi connectivity index (χ4n) is 1.44. The lowest BCUT2D eigenvalue weighted by Gasteiger charge is -2.23. The number of rotatable bonds is 4. The predicted molar refractivity (Wildman–Crippen MR) is 61.5 cm³/mol. The Hall–Kier alpha value is -0.770. The highest BCUT2D eigenvalue weighted by Crippen LogP contribution is 2.29. The van der Waals surface area contributed by atoms with E-state index in [0.717, 1.165) is 11.3 Å². The van der Waals surface area contributed by atoms with E-state index in [1.54, 1.807) is 13.2 Å². The van der Waals surface area contributed by atoms with Crippen molar-refractivity contribution in [2.45, 2.75) is 6.04 Å². The van der Waals surface area contributed by atoms with E-state index in [9.17, 15) is 5.11 Å². The zero-order valence-electron chi connectivity index (χ0n) is 9.20. The Kier molecular flexibility index (Phi) is 4.39. The van der Waals surface area contributed by atoms with Gasteiger partial charge < -0.3 is 14.7 Å². The second-order valence-corrected chi connectivity index (χ2v) is 3.96. The Morgan fingerprint density at radius 3 is 2.53 bits per heavy atom. The molecule has 1 unspecified atom stereocenters. The van der Waals surface area contributed by atoms with Gasteiger partial charge >= 0.3 is 0 Å². The van der Waals surface area contributed by atoms with E-state index >= 15 is 0 Å². The number of aliphatic hydroxyl groups is 1. The normalized spacial score (nSPS) is 12.9. The first-order valence-corrected chi connectivity index (χ1v) is 5.08. The van der Waals surface area contributed by atoms with Gasteiger partial charge in [0.1, 0.15) is 5.75 Å². The van der Waals surface area contributed by atoms with Crippen molar-refractivity contribution in [1.82, 2.24) is 4.90 Å². The Morgan fingerprint density at radius 2 is 2.13 bits per heavy atom. The molecule has 1 atom stereocenters. The fraction of sp³-hybridized carbons (Fsp3) is 0.455. The smallest absolute Gasteiger partial charge is 0.120 e. The van der Waals surface area contributed by atoms with Gasteiger partial charge in [-0.1, -0.05) is 17.7 Å². The summed E-state index contributed by atoms with van der Waals surface area (Å²) < 4.78 is 5.06. The molecule has 0 amide bonds. The topological polar surface area (TPSA) is 32.7 Å². The largest absolute Gasteiger partial charge is 0.497 e. The van der Waals surface area contributed by atoms with Crippen LogP contribution >= 0.6 is 11.6 Å². The maximum absolute atomic E-state index is 9.27. The van der Waals surface area contributed by atoms with E-state index < -0.39 is 0 Å². The number of aliphatic hydroxyl groups excluding tert-OH is 1. The van der Waals surface area contributed by atoms with Crippen LogP contribution in [0.1, 0.15) is 11.6 Å². The van der Waals surface area contributed by atoms with Crippen molar-refractivity contribution in [3.63, 3.8) is 0 Å². The van der Waals surface area contributed by atoms with Crippen LogP contribution in [-0.2, 0) is 0 Å². The van der Waals surface area contributed by atoms with Crippen LogP contribution in [0.5, 0.6) is 5.75 Å². The zero-order valence-corrected chi connectivity index (χ0v) is 9.95. The summed E-state index contributed by atoms with van der Waals surface area (Å²) in [5.74, 6) is 0.721. The Labute approximate surface area is 95.2 Å². The number of hydrogen-bond acceptors (Lipinski definition) is 3. The minimum Gasteiger partial charge on any atom is -0.497 e. The molecule has 0 fully saturated rings. The van der Waals surface area contributed by atoms with Crippen molar-refractivity contribution in [3.05, 3.63) is 28.8 Å². The monoisotopic (exact) mass is 229 g/mol. The van der Waals surface area contributed by atoms with Gasteiger partial charge in [0, 0.05) is 5.02 Å². The molecule has 15 heavy (non-hydrogen) atoms. The highest BCUT2D eigenvalue weighted by molar-refractivity contribution is 6.31. The number of benzene rings is 1. The van der Waals surface area contributed by atoms with E-state index in [1.165, 1.54) is 0 Å². The molecule has 0 aliphatic carbocycles. The third-order valence-electron chi connectivity index (χ3n) is 2.36. The molecule has 4 heteroatoms. The van der Waals surface area contributed by atoms with Crippen molar-refractivity contribution in [1.29, 1.82) is 0 Å². The van der Waals surface area contributed by atoms with E-state index in [2.05, 4.69) is 0 Å². The van der Waals surface area contributed by atoms with Crippen LogP contribution in [0, 0.1) is 0 Å². The average Bonchev–Trinajstić information content (AvgIpc) is 2.20. The number of ether oxygens (including phenoxy) is 1. The number of hydrogen-bond donors (Lipinski definition) is 1. The molecule has 1 aromatic rings. The molecule has 0 aliphatic heterocycles. The van der Waals surface area contributed by atoms with Crippen molar-refractivity contribution in [2.24, 2.45) is 0 Å². The van der Waals surface area contributed by atoms with Gasteiger partial charge in [-0.2, -0.15) is 0 Å². The molecular weight excluding hydrogens is 214 g/mol. The van der Waals surface area contributed by atoms with Crippen LogP contribution in [0.2, 0.25) is 5.02 Å². The summed E-state index contributed by atoms with van der Waals surface area (Å²) in [6.45, 7) is 0.0407. The van der Waals surface area contributed by atoms with Crippen LogP contribution in [0.25, 0.3) is 0 Å². The molecule has 0 saturated carbocycles. The standard InChI is InChI=1S/C11H16ClNO2/c1-13(2)11(7-14)9-5-4-8(15-3)6-10(9)12/h4-6,11,14H,7H2,1-3H3. The lowest BCUT2D eigenvalue weighted by Crippen LogP contribution is -2.23. The Balaban J connectivity index is 3.03. The third kappa shape index (κ3) is 2.84. The van der Waals surface area contributed by atoms with Crippen LogP contribution < -0.4 is 4.74 Å². The third-order valence-corrected chi connectivity index (χ3v) is 2.69. The van der Waals surface area contributed by atoms with Gasteiger partial charge in [0.2, 0.25) is 0 Å². The molecule has 0 aromatic heterocycles. The van der Waals surface area contributed by atoms with E-state index in [1.807, 2.05) is 31.1 Å². The molecule has 1 rings (SSSR count). The van der Waals surface area contributed by atoms with Gasteiger partial charge in [0.05, 0.1) is 19.8 Å². The van der Waals surface area contributed by atoms with E-state index in [4.69, 9.17) is 16.3 Å². The lowest BCUT2D eigenvalue weighted by atomic mass is 10.1. The summed E-state index contributed by atoms with van der Waals surface area (Å²) in [5, 5.41) is 9.88. The number of halogens is 1. The SMILES string of the molecule is COc1ccc(C(CO)N(C)C)c(Cl)c1. The molecule has 1 N–H and O–H groups in total. The molecule has 0 saturated heterocycles. The molecule has 84 valence electrons.